The lowest BCUT2D eigenvalue weighted by Crippen LogP contribution is -2.52. The van der Waals surface area contributed by atoms with Crippen LogP contribution in [0.2, 0.25) is 0 Å². The van der Waals surface area contributed by atoms with Crippen LogP contribution in [0.1, 0.15) is 38.5 Å². The second-order valence-corrected chi connectivity index (χ2v) is 9.17. The fraction of sp³-hybridized carbons (Fsp3) is 0.400. The van der Waals surface area contributed by atoms with Gasteiger partial charge in [-0.3, -0.25) is 14.4 Å². The minimum absolute atomic E-state index is 0.00741. The van der Waals surface area contributed by atoms with E-state index in [9.17, 15) is 14.4 Å². The van der Waals surface area contributed by atoms with Crippen molar-refractivity contribution in [3.63, 3.8) is 0 Å². The van der Waals surface area contributed by atoms with Crippen LogP contribution in [0.25, 0.3) is 0 Å². The molecule has 1 saturated carbocycles. The lowest BCUT2D eigenvalue weighted by Gasteiger charge is -2.37. The molecule has 1 unspecified atom stereocenters. The van der Waals surface area contributed by atoms with E-state index in [0.29, 0.717) is 5.69 Å². The molecule has 2 fully saturated rings. The molecule has 0 bridgehead atoms. The van der Waals surface area contributed by atoms with Gasteiger partial charge in [0, 0.05) is 10.9 Å². The SMILES string of the molecule is COc1ccccc1SCC(=O)N(C1CCCCC1)C1CC(=O)N(c2ccccc2)C1=O. The van der Waals surface area contributed by atoms with Gasteiger partial charge in [0.25, 0.3) is 5.91 Å². The Morgan fingerprint density at radius 3 is 2.44 bits per heavy atom. The van der Waals surface area contributed by atoms with Crippen molar-refractivity contribution in [2.75, 3.05) is 17.8 Å². The summed E-state index contributed by atoms with van der Waals surface area (Å²) in [6, 6.07) is 15.8. The van der Waals surface area contributed by atoms with E-state index in [2.05, 4.69) is 0 Å². The minimum Gasteiger partial charge on any atom is -0.496 e. The molecule has 1 atom stereocenters. The number of thioether (sulfide) groups is 1. The molecule has 1 aliphatic carbocycles. The number of hydrogen-bond donors (Lipinski definition) is 0. The molecule has 4 rings (SSSR count). The molecule has 1 heterocycles. The zero-order chi connectivity index (χ0) is 22.5. The third kappa shape index (κ3) is 4.67. The molecule has 32 heavy (non-hydrogen) atoms. The second-order valence-electron chi connectivity index (χ2n) is 8.16. The van der Waals surface area contributed by atoms with E-state index < -0.39 is 6.04 Å². The third-order valence-corrected chi connectivity index (χ3v) is 7.19. The first-order valence-corrected chi connectivity index (χ1v) is 12.1. The molecule has 2 aromatic rings. The molecule has 1 aliphatic heterocycles. The number of carbonyl (C=O) groups is 3. The van der Waals surface area contributed by atoms with Gasteiger partial charge in [0.15, 0.2) is 0 Å². The van der Waals surface area contributed by atoms with Gasteiger partial charge in [-0.05, 0) is 37.1 Å². The van der Waals surface area contributed by atoms with Crippen LogP contribution in [0.5, 0.6) is 5.75 Å². The van der Waals surface area contributed by atoms with Gasteiger partial charge in [-0.25, -0.2) is 4.90 Å². The van der Waals surface area contributed by atoms with E-state index in [1.807, 2.05) is 30.3 Å². The van der Waals surface area contributed by atoms with E-state index in [-0.39, 0.29) is 35.9 Å². The lowest BCUT2D eigenvalue weighted by molar-refractivity contribution is -0.139. The molecule has 168 valence electrons. The molecule has 0 N–H and O–H groups in total. The van der Waals surface area contributed by atoms with Crippen molar-refractivity contribution >= 4 is 35.2 Å². The number of rotatable bonds is 7. The fourth-order valence-corrected chi connectivity index (χ4v) is 5.52. The lowest BCUT2D eigenvalue weighted by atomic mass is 9.92. The topological polar surface area (TPSA) is 66.9 Å². The van der Waals surface area contributed by atoms with Crippen molar-refractivity contribution in [2.45, 2.75) is 55.5 Å². The Balaban J connectivity index is 1.56. The van der Waals surface area contributed by atoms with Gasteiger partial charge in [0.05, 0.1) is 25.0 Å². The monoisotopic (exact) mass is 452 g/mol. The number of ether oxygens (including phenoxy) is 1. The number of carbonyl (C=O) groups excluding carboxylic acids is 3. The van der Waals surface area contributed by atoms with E-state index in [0.717, 1.165) is 42.7 Å². The Kier molecular flexibility index (Phi) is 7.15. The molecule has 0 radical (unpaired) electrons. The largest absolute Gasteiger partial charge is 0.496 e. The number of imide groups is 1. The minimum atomic E-state index is -0.739. The van der Waals surface area contributed by atoms with Crippen molar-refractivity contribution < 1.29 is 19.1 Å². The molecule has 1 saturated heterocycles. The predicted molar refractivity (Wildman–Crippen MR) is 125 cm³/mol. The third-order valence-electron chi connectivity index (χ3n) is 6.15. The summed E-state index contributed by atoms with van der Waals surface area (Å²) in [6.07, 6.45) is 4.98. The van der Waals surface area contributed by atoms with Crippen molar-refractivity contribution in [2.24, 2.45) is 0 Å². The first-order valence-electron chi connectivity index (χ1n) is 11.1. The highest BCUT2D eigenvalue weighted by Gasteiger charge is 2.46. The Morgan fingerprint density at radius 2 is 1.72 bits per heavy atom. The van der Waals surface area contributed by atoms with Crippen LogP contribution in [0.15, 0.2) is 59.5 Å². The normalized spacial score (nSPS) is 19.3. The summed E-state index contributed by atoms with van der Waals surface area (Å²) in [5.41, 5.74) is 0.560. The highest BCUT2D eigenvalue weighted by atomic mass is 32.2. The van der Waals surface area contributed by atoms with Crippen LogP contribution in [0.4, 0.5) is 5.69 Å². The number of para-hydroxylation sites is 2. The van der Waals surface area contributed by atoms with Crippen LogP contribution in [-0.2, 0) is 14.4 Å². The zero-order valence-electron chi connectivity index (χ0n) is 18.2. The van der Waals surface area contributed by atoms with Gasteiger partial charge >= 0.3 is 0 Å². The smallest absolute Gasteiger partial charge is 0.257 e. The van der Waals surface area contributed by atoms with Gasteiger partial charge in [-0.1, -0.05) is 49.6 Å². The van der Waals surface area contributed by atoms with Crippen LogP contribution in [-0.4, -0.2) is 47.6 Å². The predicted octanol–water partition coefficient (Wildman–Crippen LogP) is 4.28. The summed E-state index contributed by atoms with van der Waals surface area (Å²) in [6.45, 7) is 0. The van der Waals surface area contributed by atoms with E-state index in [1.165, 1.54) is 16.7 Å². The zero-order valence-corrected chi connectivity index (χ0v) is 19.1. The van der Waals surface area contributed by atoms with Crippen LogP contribution in [0.3, 0.4) is 0 Å². The number of anilines is 1. The molecular formula is C25H28N2O4S. The van der Waals surface area contributed by atoms with Gasteiger partial charge in [0.1, 0.15) is 11.8 Å². The molecule has 0 spiro atoms. The molecule has 3 amide bonds. The molecule has 0 aromatic heterocycles. The quantitative estimate of drug-likeness (QED) is 0.463. The standard InChI is InChI=1S/C25H28N2O4S/c1-31-21-14-8-9-15-22(21)32-17-24(29)26(18-10-4-2-5-11-18)20-16-23(28)27(25(20)30)19-12-6-3-7-13-19/h3,6-9,12-15,18,20H,2,4-5,10-11,16-17H2,1H3. The summed E-state index contributed by atoms with van der Waals surface area (Å²) in [5.74, 6) is 0.255. The fourth-order valence-electron chi connectivity index (χ4n) is 4.62. The van der Waals surface area contributed by atoms with Crippen LogP contribution < -0.4 is 9.64 Å². The highest BCUT2D eigenvalue weighted by Crippen LogP contribution is 2.33. The Bertz CT molecular complexity index is 975. The van der Waals surface area contributed by atoms with Crippen LogP contribution in [0, 0.1) is 0 Å². The number of methoxy groups -OCH3 is 1. The molecule has 2 aromatic carbocycles. The molecule has 6 nitrogen and oxygen atoms in total. The molecule has 2 aliphatic rings. The number of nitrogens with zero attached hydrogens (tertiary/aromatic N) is 2. The maximum atomic E-state index is 13.5. The number of hydrogen-bond acceptors (Lipinski definition) is 5. The van der Waals surface area contributed by atoms with E-state index >= 15 is 0 Å². The second kappa shape index (κ2) is 10.2. The summed E-state index contributed by atoms with van der Waals surface area (Å²) >= 11 is 1.40. The Labute approximate surface area is 192 Å². The Hall–Kier alpha value is -2.80. The first-order chi connectivity index (χ1) is 15.6. The highest BCUT2D eigenvalue weighted by molar-refractivity contribution is 8.00. The van der Waals surface area contributed by atoms with E-state index in [1.54, 1.807) is 36.3 Å². The first kappa shape index (κ1) is 22.4. The summed E-state index contributed by atoms with van der Waals surface area (Å²) in [5, 5.41) is 0. The van der Waals surface area contributed by atoms with Gasteiger partial charge < -0.3 is 9.64 Å². The average Bonchev–Trinajstić information content (AvgIpc) is 3.12. The summed E-state index contributed by atoms with van der Waals surface area (Å²) in [7, 11) is 1.61. The van der Waals surface area contributed by atoms with Crippen molar-refractivity contribution in [1.82, 2.24) is 4.90 Å². The number of amides is 3. The summed E-state index contributed by atoms with van der Waals surface area (Å²) in [4.78, 5) is 43.5. The van der Waals surface area contributed by atoms with Crippen molar-refractivity contribution in [1.29, 1.82) is 0 Å². The van der Waals surface area contributed by atoms with Gasteiger partial charge in [0.2, 0.25) is 11.8 Å². The van der Waals surface area contributed by atoms with E-state index in [4.69, 9.17) is 4.74 Å². The summed E-state index contributed by atoms with van der Waals surface area (Å²) < 4.78 is 5.40. The van der Waals surface area contributed by atoms with Crippen molar-refractivity contribution in [3.05, 3.63) is 54.6 Å². The van der Waals surface area contributed by atoms with Crippen molar-refractivity contribution in [3.8, 4) is 5.75 Å². The maximum absolute atomic E-state index is 13.5. The molecule has 7 heteroatoms. The average molecular weight is 453 g/mol. The number of benzene rings is 2. The maximum Gasteiger partial charge on any atom is 0.257 e. The van der Waals surface area contributed by atoms with Gasteiger partial charge in [-0.2, -0.15) is 0 Å². The molecular weight excluding hydrogens is 424 g/mol. The Morgan fingerprint density at radius 1 is 1.03 bits per heavy atom. The van der Waals surface area contributed by atoms with Gasteiger partial charge in [-0.15, -0.1) is 11.8 Å². The van der Waals surface area contributed by atoms with Crippen LogP contribution >= 0.6 is 11.8 Å².